The summed E-state index contributed by atoms with van der Waals surface area (Å²) in [5, 5.41) is 0. The molecule has 2 N–H and O–H groups in total. The van der Waals surface area contributed by atoms with E-state index in [2.05, 4.69) is 11.9 Å². The molecule has 0 radical (unpaired) electrons. The number of fused-ring (bicyclic) bond motifs is 1. The predicted octanol–water partition coefficient (Wildman–Crippen LogP) is 0.564. The molecule has 70 valence electrons. The molecular formula is C9H13N3O. The Balaban J connectivity index is 2.33. The fraction of sp³-hybridized carbons (Fsp3) is 0.556. The van der Waals surface area contributed by atoms with Crippen LogP contribution in [0.25, 0.3) is 0 Å². The molecule has 1 amide bonds. The Morgan fingerprint density at radius 2 is 2.54 bits per heavy atom. The van der Waals surface area contributed by atoms with Crippen molar-refractivity contribution >= 4 is 5.91 Å². The third-order valence-corrected chi connectivity index (χ3v) is 2.51. The highest BCUT2D eigenvalue weighted by Gasteiger charge is 2.18. The Bertz CT molecular complexity index is 343. The largest absolute Gasteiger partial charge is 0.364 e. The van der Waals surface area contributed by atoms with Crippen LogP contribution in [0.5, 0.6) is 0 Å². The number of amides is 1. The van der Waals surface area contributed by atoms with E-state index in [9.17, 15) is 4.79 Å². The molecule has 1 unspecified atom stereocenters. The lowest BCUT2D eigenvalue weighted by molar-refractivity contribution is 0.0996. The molecule has 1 aliphatic heterocycles. The SMILES string of the molecule is CC1CCn2cc(C(N)=O)nc2C1. The lowest BCUT2D eigenvalue weighted by Gasteiger charge is -2.18. The zero-order valence-corrected chi connectivity index (χ0v) is 7.66. The van der Waals surface area contributed by atoms with Crippen molar-refractivity contribution < 1.29 is 4.79 Å². The molecule has 1 aliphatic rings. The van der Waals surface area contributed by atoms with Gasteiger partial charge in [0.25, 0.3) is 5.91 Å². The van der Waals surface area contributed by atoms with E-state index in [4.69, 9.17) is 5.73 Å². The summed E-state index contributed by atoms with van der Waals surface area (Å²) >= 11 is 0. The van der Waals surface area contributed by atoms with Gasteiger partial charge in [0, 0.05) is 19.2 Å². The molecule has 0 saturated carbocycles. The van der Waals surface area contributed by atoms with E-state index in [0.29, 0.717) is 11.6 Å². The maximum atomic E-state index is 10.8. The molecule has 2 heterocycles. The minimum absolute atomic E-state index is 0.393. The molecule has 0 aliphatic carbocycles. The van der Waals surface area contributed by atoms with Gasteiger partial charge in [0.05, 0.1) is 0 Å². The molecule has 4 nitrogen and oxygen atoms in total. The number of carbonyl (C=O) groups is 1. The van der Waals surface area contributed by atoms with Gasteiger partial charge in [-0.3, -0.25) is 4.79 Å². The standard InChI is InChI=1S/C9H13N3O/c1-6-2-3-12-5-7(9(10)13)11-8(12)4-6/h5-6H,2-4H2,1H3,(H2,10,13). The van der Waals surface area contributed by atoms with Crippen molar-refractivity contribution in [3.63, 3.8) is 0 Å². The summed E-state index contributed by atoms with van der Waals surface area (Å²) in [5.74, 6) is 1.22. The van der Waals surface area contributed by atoms with Crippen LogP contribution in [0.4, 0.5) is 0 Å². The van der Waals surface area contributed by atoms with Crippen molar-refractivity contribution in [1.82, 2.24) is 9.55 Å². The number of primary amides is 1. The van der Waals surface area contributed by atoms with E-state index >= 15 is 0 Å². The fourth-order valence-corrected chi connectivity index (χ4v) is 1.70. The van der Waals surface area contributed by atoms with Crippen LogP contribution in [0.2, 0.25) is 0 Å². The summed E-state index contributed by atoms with van der Waals surface area (Å²) in [7, 11) is 0. The average Bonchev–Trinajstić information content (AvgIpc) is 2.46. The molecule has 0 fully saturated rings. The monoisotopic (exact) mass is 179 g/mol. The van der Waals surface area contributed by atoms with E-state index in [1.165, 1.54) is 0 Å². The fourth-order valence-electron chi connectivity index (χ4n) is 1.70. The zero-order chi connectivity index (χ0) is 9.42. The molecule has 0 bridgehead atoms. The van der Waals surface area contributed by atoms with Crippen LogP contribution in [0.3, 0.4) is 0 Å². The van der Waals surface area contributed by atoms with Crippen LogP contribution in [0, 0.1) is 5.92 Å². The van der Waals surface area contributed by atoms with Crippen LogP contribution in [-0.4, -0.2) is 15.5 Å². The summed E-state index contributed by atoms with van der Waals surface area (Å²) in [5.41, 5.74) is 5.54. The molecule has 2 rings (SSSR count). The normalized spacial score (nSPS) is 21.2. The highest BCUT2D eigenvalue weighted by molar-refractivity contribution is 5.90. The van der Waals surface area contributed by atoms with Crippen molar-refractivity contribution in [3.05, 3.63) is 17.7 Å². The van der Waals surface area contributed by atoms with Crippen molar-refractivity contribution in [2.24, 2.45) is 11.7 Å². The Labute approximate surface area is 76.8 Å². The second-order valence-corrected chi connectivity index (χ2v) is 3.70. The van der Waals surface area contributed by atoms with Gasteiger partial charge < -0.3 is 10.3 Å². The first-order valence-corrected chi connectivity index (χ1v) is 4.52. The zero-order valence-electron chi connectivity index (χ0n) is 7.66. The number of carbonyl (C=O) groups excluding carboxylic acids is 1. The number of nitrogens with two attached hydrogens (primary N) is 1. The Morgan fingerprint density at radius 1 is 1.77 bits per heavy atom. The molecular weight excluding hydrogens is 166 g/mol. The maximum Gasteiger partial charge on any atom is 0.268 e. The van der Waals surface area contributed by atoms with Gasteiger partial charge in [-0.2, -0.15) is 0 Å². The minimum atomic E-state index is -0.436. The molecule has 0 saturated heterocycles. The van der Waals surface area contributed by atoms with Crippen LogP contribution < -0.4 is 5.73 Å². The Kier molecular flexibility index (Phi) is 1.83. The Hall–Kier alpha value is -1.32. The molecule has 13 heavy (non-hydrogen) atoms. The minimum Gasteiger partial charge on any atom is -0.364 e. The van der Waals surface area contributed by atoms with E-state index in [0.717, 1.165) is 25.2 Å². The summed E-state index contributed by atoms with van der Waals surface area (Å²) in [6.07, 6.45) is 3.86. The van der Waals surface area contributed by atoms with Crippen LogP contribution in [0.15, 0.2) is 6.20 Å². The van der Waals surface area contributed by atoms with E-state index in [1.54, 1.807) is 6.20 Å². The molecule has 0 spiro atoms. The summed E-state index contributed by atoms with van der Waals surface area (Å²) in [6.45, 7) is 3.15. The van der Waals surface area contributed by atoms with Gasteiger partial charge in [-0.1, -0.05) is 6.92 Å². The number of imidazole rings is 1. The van der Waals surface area contributed by atoms with Gasteiger partial charge in [0.2, 0.25) is 0 Å². The van der Waals surface area contributed by atoms with Gasteiger partial charge in [0.1, 0.15) is 11.5 Å². The molecule has 1 aromatic rings. The predicted molar refractivity (Wildman–Crippen MR) is 48.2 cm³/mol. The van der Waals surface area contributed by atoms with Gasteiger partial charge in [0.15, 0.2) is 0 Å². The van der Waals surface area contributed by atoms with Crippen molar-refractivity contribution in [1.29, 1.82) is 0 Å². The second-order valence-electron chi connectivity index (χ2n) is 3.70. The van der Waals surface area contributed by atoms with Crippen LogP contribution in [-0.2, 0) is 13.0 Å². The quantitative estimate of drug-likeness (QED) is 0.684. The van der Waals surface area contributed by atoms with Crippen molar-refractivity contribution in [2.75, 3.05) is 0 Å². The van der Waals surface area contributed by atoms with Crippen molar-refractivity contribution in [2.45, 2.75) is 26.3 Å². The van der Waals surface area contributed by atoms with Gasteiger partial charge in [-0.25, -0.2) is 4.98 Å². The van der Waals surface area contributed by atoms with Crippen LogP contribution >= 0.6 is 0 Å². The third-order valence-electron chi connectivity index (χ3n) is 2.51. The van der Waals surface area contributed by atoms with Crippen molar-refractivity contribution in [3.8, 4) is 0 Å². The lowest BCUT2D eigenvalue weighted by Crippen LogP contribution is -2.16. The lowest BCUT2D eigenvalue weighted by atomic mass is 10.0. The number of aromatic nitrogens is 2. The number of hydrogen-bond acceptors (Lipinski definition) is 2. The smallest absolute Gasteiger partial charge is 0.268 e. The third kappa shape index (κ3) is 1.43. The van der Waals surface area contributed by atoms with E-state index in [1.807, 2.05) is 4.57 Å². The van der Waals surface area contributed by atoms with Gasteiger partial charge in [-0.15, -0.1) is 0 Å². The highest BCUT2D eigenvalue weighted by Crippen LogP contribution is 2.19. The molecule has 1 aromatic heterocycles. The second kappa shape index (κ2) is 2.87. The number of rotatable bonds is 1. The van der Waals surface area contributed by atoms with Gasteiger partial charge >= 0.3 is 0 Å². The maximum absolute atomic E-state index is 10.8. The molecule has 4 heteroatoms. The summed E-state index contributed by atoms with van der Waals surface area (Å²) in [6, 6.07) is 0. The number of aryl methyl sites for hydroxylation is 1. The van der Waals surface area contributed by atoms with E-state index < -0.39 is 5.91 Å². The van der Waals surface area contributed by atoms with E-state index in [-0.39, 0.29) is 0 Å². The number of nitrogens with zero attached hydrogens (tertiary/aromatic N) is 2. The topological polar surface area (TPSA) is 60.9 Å². The summed E-state index contributed by atoms with van der Waals surface area (Å²) in [4.78, 5) is 15.0. The first kappa shape index (κ1) is 8.29. The Morgan fingerprint density at radius 3 is 3.23 bits per heavy atom. The van der Waals surface area contributed by atoms with Gasteiger partial charge in [-0.05, 0) is 12.3 Å². The number of hydrogen-bond donors (Lipinski definition) is 1. The van der Waals surface area contributed by atoms with Crippen LogP contribution in [0.1, 0.15) is 29.7 Å². The molecule has 1 atom stereocenters. The first-order valence-electron chi connectivity index (χ1n) is 4.52. The highest BCUT2D eigenvalue weighted by atomic mass is 16.1. The summed E-state index contributed by atoms with van der Waals surface area (Å²) < 4.78 is 2.03. The first-order chi connectivity index (χ1) is 6.16. The molecule has 0 aromatic carbocycles. The average molecular weight is 179 g/mol.